The predicted molar refractivity (Wildman–Crippen MR) is 86.9 cm³/mol. The molecule has 120 valence electrons. The van der Waals surface area contributed by atoms with Crippen LogP contribution in [0.4, 0.5) is 5.69 Å². The summed E-state index contributed by atoms with van der Waals surface area (Å²) in [5.41, 5.74) is 5.88. The van der Waals surface area contributed by atoms with E-state index in [4.69, 9.17) is 10.5 Å². The third-order valence-electron chi connectivity index (χ3n) is 3.90. The molecule has 1 aromatic rings. The zero-order valence-corrected chi connectivity index (χ0v) is 13.9. The first kappa shape index (κ1) is 17.8. The van der Waals surface area contributed by atoms with Crippen molar-refractivity contribution >= 4 is 15.7 Å². The van der Waals surface area contributed by atoms with Crippen molar-refractivity contribution in [2.24, 2.45) is 0 Å². The SMILES string of the molecule is CCC(CC)(CC)NS(=O)(=O)CCOc1ccc(N)cc1. The Morgan fingerprint density at radius 2 is 1.62 bits per heavy atom. The molecule has 0 bridgehead atoms. The molecule has 0 heterocycles. The van der Waals surface area contributed by atoms with Crippen molar-refractivity contribution in [3.05, 3.63) is 24.3 Å². The summed E-state index contributed by atoms with van der Waals surface area (Å²) in [6.07, 6.45) is 2.33. The highest BCUT2D eigenvalue weighted by atomic mass is 32.2. The van der Waals surface area contributed by atoms with E-state index in [1.807, 2.05) is 20.8 Å². The van der Waals surface area contributed by atoms with E-state index in [2.05, 4.69) is 4.72 Å². The Labute approximate surface area is 127 Å². The molecule has 0 fully saturated rings. The van der Waals surface area contributed by atoms with Gasteiger partial charge in [-0.1, -0.05) is 20.8 Å². The second kappa shape index (κ2) is 7.66. The maximum atomic E-state index is 12.2. The highest BCUT2D eigenvalue weighted by Gasteiger charge is 2.29. The van der Waals surface area contributed by atoms with E-state index in [1.54, 1.807) is 24.3 Å². The molecular formula is C15H26N2O3S. The van der Waals surface area contributed by atoms with Gasteiger partial charge in [-0.2, -0.15) is 0 Å². The van der Waals surface area contributed by atoms with Crippen LogP contribution in [-0.4, -0.2) is 26.3 Å². The van der Waals surface area contributed by atoms with Gasteiger partial charge in [-0.3, -0.25) is 0 Å². The van der Waals surface area contributed by atoms with E-state index in [9.17, 15) is 8.42 Å². The fourth-order valence-corrected chi connectivity index (χ4v) is 3.68. The second-order valence-corrected chi connectivity index (χ2v) is 7.02. The molecule has 0 amide bonds. The monoisotopic (exact) mass is 314 g/mol. The van der Waals surface area contributed by atoms with Crippen molar-refractivity contribution in [2.45, 2.75) is 45.6 Å². The summed E-state index contributed by atoms with van der Waals surface area (Å²) in [5.74, 6) is 0.561. The first-order chi connectivity index (χ1) is 9.86. The van der Waals surface area contributed by atoms with Crippen LogP contribution < -0.4 is 15.2 Å². The van der Waals surface area contributed by atoms with Gasteiger partial charge in [0.1, 0.15) is 12.4 Å². The van der Waals surface area contributed by atoms with Gasteiger partial charge < -0.3 is 10.5 Å². The lowest BCUT2D eigenvalue weighted by atomic mass is 9.91. The molecule has 0 saturated heterocycles. The van der Waals surface area contributed by atoms with E-state index in [0.717, 1.165) is 19.3 Å². The molecule has 0 unspecified atom stereocenters. The lowest BCUT2D eigenvalue weighted by Crippen LogP contribution is -2.48. The summed E-state index contributed by atoms with van der Waals surface area (Å²) in [4.78, 5) is 0. The Bertz CT molecular complexity index is 514. The van der Waals surface area contributed by atoms with Crippen LogP contribution in [0.25, 0.3) is 0 Å². The quantitative estimate of drug-likeness (QED) is 0.686. The molecule has 0 radical (unpaired) electrons. The maximum absolute atomic E-state index is 12.2. The van der Waals surface area contributed by atoms with E-state index in [1.165, 1.54) is 0 Å². The van der Waals surface area contributed by atoms with E-state index in [-0.39, 0.29) is 17.9 Å². The number of hydrogen-bond donors (Lipinski definition) is 2. The normalized spacial score (nSPS) is 12.3. The Balaban J connectivity index is 2.55. The molecule has 0 aliphatic carbocycles. The smallest absolute Gasteiger partial charge is 0.215 e. The Morgan fingerprint density at radius 1 is 1.10 bits per heavy atom. The minimum atomic E-state index is -3.35. The molecule has 0 aromatic heterocycles. The largest absolute Gasteiger partial charge is 0.492 e. The Kier molecular flexibility index (Phi) is 6.48. The molecule has 1 aromatic carbocycles. The van der Waals surface area contributed by atoms with Gasteiger partial charge in [0.25, 0.3) is 0 Å². The van der Waals surface area contributed by atoms with E-state index >= 15 is 0 Å². The molecule has 1 rings (SSSR count). The number of anilines is 1. The topological polar surface area (TPSA) is 81.4 Å². The molecule has 0 saturated carbocycles. The summed E-state index contributed by atoms with van der Waals surface area (Å²) in [6, 6.07) is 6.89. The molecular weight excluding hydrogens is 288 g/mol. The molecule has 5 nitrogen and oxygen atoms in total. The first-order valence-electron chi connectivity index (χ1n) is 7.36. The average molecular weight is 314 g/mol. The average Bonchev–Trinajstić information content (AvgIpc) is 2.47. The van der Waals surface area contributed by atoms with Gasteiger partial charge in [0.05, 0.1) is 5.75 Å². The number of hydrogen-bond acceptors (Lipinski definition) is 4. The van der Waals surface area contributed by atoms with Crippen LogP contribution in [0.5, 0.6) is 5.75 Å². The molecule has 0 spiro atoms. The van der Waals surface area contributed by atoms with Crippen LogP contribution in [0.2, 0.25) is 0 Å². The molecule has 0 aliphatic heterocycles. The zero-order chi connectivity index (χ0) is 15.9. The number of rotatable bonds is 9. The second-order valence-electron chi connectivity index (χ2n) is 5.18. The number of nitrogen functional groups attached to an aromatic ring is 1. The summed E-state index contributed by atoms with van der Waals surface area (Å²) in [6.45, 7) is 6.12. The number of sulfonamides is 1. The van der Waals surface area contributed by atoms with Gasteiger partial charge in [-0.05, 0) is 43.5 Å². The molecule has 6 heteroatoms. The Morgan fingerprint density at radius 3 is 2.10 bits per heavy atom. The molecule has 21 heavy (non-hydrogen) atoms. The van der Waals surface area contributed by atoms with Gasteiger partial charge in [-0.15, -0.1) is 0 Å². The van der Waals surface area contributed by atoms with Crippen LogP contribution in [0.3, 0.4) is 0 Å². The minimum absolute atomic E-state index is 0.0564. The number of benzene rings is 1. The van der Waals surface area contributed by atoms with Gasteiger partial charge in [-0.25, -0.2) is 13.1 Å². The molecule has 0 aliphatic rings. The van der Waals surface area contributed by atoms with Crippen LogP contribution in [-0.2, 0) is 10.0 Å². The lowest BCUT2D eigenvalue weighted by molar-refractivity contribution is 0.327. The minimum Gasteiger partial charge on any atom is -0.492 e. The highest BCUT2D eigenvalue weighted by Crippen LogP contribution is 2.20. The fourth-order valence-electron chi connectivity index (χ4n) is 2.18. The third-order valence-corrected chi connectivity index (χ3v) is 5.35. The van der Waals surface area contributed by atoms with Crippen LogP contribution in [0.15, 0.2) is 24.3 Å². The van der Waals surface area contributed by atoms with E-state index in [0.29, 0.717) is 11.4 Å². The Hall–Kier alpha value is -1.27. The molecule has 3 N–H and O–H groups in total. The number of nitrogens with two attached hydrogens (primary N) is 1. The zero-order valence-electron chi connectivity index (χ0n) is 13.1. The van der Waals surface area contributed by atoms with Gasteiger partial charge in [0, 0.05) is 11.2 Å². The van der Waals surface area contributed by atoms with Crippen LogP contribution in [0, 0.1) is 0 Å². The van der Waals surface area contributed by atoms with Crippen molar-refractivity contribution in [2.75, 3.05) is 18.1 Å². The predicted octanol–water partition coefficient (Wildman–Crippen LogP) is 2.54. The summed E-state index contributed by atoms with van der Waals surface area (Å²) >= 11 is 0. The highest BCUT2D eigenvalue weighted by molar-refractivity contribution is 7.89. The number of ether oxygens (including phenoxy) is 1. The number of nitrogens with one attached hydrogen (secondary N) is 1. The lowest BCUT2D eigenvalue weighted by Gasteiger charge is -2.31. The summed E-state index contributed by atoms with van der Waals surface area (Å²) in [7, 11) is -3.35. The first-order valence-corrected chi connectivity index (χ1v) is 9.01. The van der Waals surface area contributed by atoms with Crippen molar-refractivity contribution in [3.8, 4) is 5.75 Å². The summed E-state index contributed by atoms with van der Waals surface area (Å²) in [5, 5.41) is 0. The van der Waals surface area contributed by atoms with Crippen molar-refractivity contribution in [1.82, 2.24) is 4.72 Å². The summed E-state index contributed by atoms with van der Waals surface area (Å²) < 4.78 is 32.6. The van der Waals surface area contributed by atoms with Gasteiger partial charge >= 0.3 is 0 Å². The van der Waals surface area contributed by atoms with Gasteiger partial charge in [0.15, 0.2) is 0 Å². The van der Waals surface area contributed by atoms with Gasteiger partial charge in [0.2, 0.25) is 10.0 Å². The van der Waals surface area contributed by atoms with Crippen LogP contribution in [0.1, 0.15) is 40.0 Å². The van der Waals surface area contributed by atoms with Crippen molar-refractivity contribution in [1.29, 1.82) is 0 Å². The van der Waals surface area contributed by atoms with E-state index < -0.39 is 10.0 Å². The molecule has 0 atom stereocenters. The van der Waals surface area contributed by atoms with Crippen LogP contribution >= 0.6 is 0 Å². The van der Waals surface area contributed by atoms with Crippen molar-refractivity contribution < 1.29 is 13.2 Å². The maximum Gasteiger partial charge on any atom is 0.215 e. The third kappa shape index (κ3) is 5.55. The van der Waals surface area contributed by atoms with Crippen molar-refractivity contribution in [3.63, 3.8) is 0 Å². The fraction of sp³-hybridized carbons (Fsp3) is 0.600. The standard InChI is InChI=1S/C15H26N2O3S/c1-4-15(5-2,6-3)17-21(18,19)12-11-20-14-9-7-13(16)8-10-14/h7-10,17H,4-6,11-12,16H2,1-3H3.